The summed E-state index contributed by atoms with van der Waals surface area (Å²) in [6.45, 7) is 0. The van der Waals surface area contributed by atoms with E-state index in [1.165, 1.54) is 18.2 Å². The molecule has 0 aliphatic heterocycles. The third-order valence-electron chi connectivity index (χ3n) is 2.41. The second kappa shape index (κ2) is 5.55. The molecule has 0 saturated heterocycles. The SMILES string of the molecule is N#Cc1cc(Cl)ccc1Oc1ccc([N+](=O)[O-])cc1F. The zero-order valence-electron chi connectivity index (χ0n) is 9.84. The number of benzene rings is 2. The second-order valence-corrected chi connectivity index (χ2v) is 4.16. The maximum Gasteiger partial charge on any atom is 0.272 e. The first-order valence-corrected chi connectivity index (χ1v) is 5.70. The van der Waals surface area contributed by atoms with E-state index in [0.29, 0.717) is 5.02 Å². The number of nitriles is 1. The number of non-ortho nitro benzene ring substituents is 1. The van der Waals surface area contributed by atoms with Crippen molar-refractivity contribution in [1.82, 2.24) is 0 Å². The largest absolute Gasteiger partial charge is 0.453 e. The monoisotopic (exact) mass is 292 g/mol. The Kier molecular flexibility index (Phi) is 3.82. The van der Waals surface area contributed by atoms with E-state index in [1.54, 1.807) is 0 Å². The van der Waals surface area contributed by atoms with Gasteiger partial charge in [0.25, 0.3) is 5.69 Å². The fourth-order valence-corrected chi connectivity index (χ4v) is 1.66. The van der Waals surface area contributed by atoms with Crippen LogP contribution in [0.3, 0.4) is 0 Å². The Morgan fingerprint density at radius 3 is 2.55 bits per heavy atom. The lowest BCUT2D eigenvalue weighted by Gasteiger charge is -2.08. The topological polar surface area (TPSA) is 76.2 Å². The van der Waals surface area contributed by atoms with Crippen LogP contribution in [-0.2, 0) is 0 Å². The van der Waals surface area contributed by atoms with E-state index in [-0.39, 0.29) is 22.7 Å². The van der Waals surface area contributed by atoms with Gasteiger partial charge in [0.1, 0.15) is 11.8 Å². The summed E-state index contributed by atoms with van der Waals surface area (Å²) in [6, 6.07) is 9.13. The lowest BCUT2D eigenvalue weighted by Crippen LogP contribution is -1.94. The van der Waals surface area contributed by atoms with Crippen LogP contribution in [0.5, 0.6) is 11.5 Å². The van der Waals surface area contributed by atoms with Crippen molar-refractivity contribution >= 4 is 17.3 Å². The molecule has 0 amide bonds. The number of hydrogen-bond donors (Lipinski definition) is 0. The molecule has 0 heterocycles. The van der Waals surface area contributed by atoms with Gasteiger partial charge in [0.15, 0.2) is 11.6 Å². The van der Waals surface area contributed by atoms with E-state index in [9.17, 15) is 14.5 Å². The minimum atomic E-state index is -0.891. The Balaban J connectivity index is 2.36. The Morgan fingerprint density at radius 1 is 1.25 bits per heavy atom. The number of ether oxygens (including phenoxy) is 1. The van der Waals surface area contributed by atoms with E-state index in [0.717, 1.165) is 18.2 Å². The first-order valence-electron chi connectivity index (χ1n) is 5.32. The first-order chi connectivity index (χ1) is 9.51. The molecule has 0 fully saturated rings. The van der Waals surface area contributed by atoms with Crippen molar-refractivity contribution in [2.45, 2.75) is 0 Å². The molecule has 5 nitrogen and oxygen atoms in total. The second-order valence-electron chi connectivity index (χ2n) is 3.73. The minimum absolute atomic E-state index is 0.115. The molecule has 2 aromatic rings. The fraction of sp³-hybridized carbons (Fsp3) is 0. The van der Waals surface area contributed by atoms with E-state index >= 15 is 0 Å². The molecule has 2 rings (SSSR count). The molecule has 0 aromatic heterocycles. The van der Waals surface area contributed by atoms with Crippen LogP contribution < -0.4 is 4.74 Å². The van der Waals surface area contributed by atoms with E-state index in [1.807, 2.05) is 6.07 Å². The highest BCUT2D eigenvalue weighted by Gasteiger charge is 2.13. The molecule has 0 aliphatic rings. The smallest absolute Gasteiger partial charge is 0.272 e. The van der Waals surface area contributed by atoms with E-state index in [2.05, 4.69) is 0 Å². The summed E-state index contributed by atoms with van der Waals surface area (Å²) in [7, 11) is 0. The summed E-state index contributed by atoms with van der Waals surface area (Å²) in [5.41, 5.74) is -0.248. The summed E-state index contributed by atoms with van der Waals surface area (Å²) in [5, 5.41) is 19.8. The Hall–Kier alpha value is -2.65. The van der Waals surface area contributed by atoms with Gasteiger partial charge in [0.2, 0.25) is 0 Å². The third kappa shape index (κ3) is 2.84. The molecule has 0 N–H and O–H groups in total. The molecule has 0 atom stereocenters. The van der Waals surface area contributed by atoms with Crippen LogP contribution in [0.2, 0.25) is 5.02 Å². The molecular formula is C13H6ClFN2O3. The standard InChI is InChI=1S/C13H6ClFN2O3/c14-9-1-3-12(8(5-9)7-16)20-13-4-2-10(17(18)19)6-11(13)15/h1-6H. The maximum absolute atomic E-state index is 13.7. The summed E-state index contributed by atoms with van der Waals surface area (Å²) in [5.74, 6) is -0.989. The molecule has 0 spiro atoms. The van der Waals surface area contributed by atoms with Crippen LogP contribution in [0.4, 0.5) is 10.1 Å². The van der Waals surface area contributed by atoms with Crippen molar-refractivity contribution in [3.8, 4) is 17.6 Å². The maximum atomic E-state index is 13.7. The molecule has 0 aliphatic carbocycles. The van der Waals surface area contributed by atoms with Crippen LogP contribution in [0.15, 0.2) is 36.4 Å². The summed E-state index contributed by atoms with van der Waals surface area (Å²) >= 11 is 5.73. The van der Waals surface area contributed by atoms with Crippen molar-refractivity contribution in [2.24, 2.45) is 0 Å². The summed E-state index contributed by atoms with van der Waals surface area (Å²) in [4.78, 5) is 9.79. The predicted octanol–water partition coefficient (Wildman–Crippen LogP) is 4.05. The highest BCUT2D eigenvalue weighted by atomic mass is 35.5. The molecular weight excluding hydrogens is 287 g/mol. The number of hydrogen-bond acceptors (Lipinski definition) is 4. The first kappa shape index (κ1) is 13.8. The highest BCUT2D eigenvalue weighted by molar-refractivity contribution is 6.30. The molecule has 0 bridgehead atoms. The summed E-state index contributed by atoms with van der Waals surface area (Å²) in [6.07, 6.45) is 0. The van der Waals surface area contributed by atoms with Crippen LogP contribution in [0.1, 0.15) is 5.56 Å². The lowest BCUT2D eigenvalue weighted by atomic mass is 10.2. The van der Waals surface area contributed by atoms with Crippen LogP contribution in [-0.4, -0.2) is 4.92 Å². The number of rotatable bonds is 3. The van der Waals surface area contributed by atoms with Crippen LogP contribution in [0.25, 0.3) is 0 Å². The van der Waals surface area contributed by atoms with Gasteiger partial charge in [-0.15, -0.1) is 0 Å². The van der Waals surface area contributed by atoms with E-state index in [4.69, 9.17) is 21.6 Å². The quantitative estimate of drug-likeness (QED) is 0.631. The summed E-state index contributed by atoms with van der Waals surface area (Å²) < 4.78 is 18.9. The molecule has 100 valence electrons. The Bertz CT molecular complexity index is 728. The number of nitro groups is 1. The lowest BCUT2D eigenvalue weighted by molar-refractivity contribution is -0.385. The molecule has 2 aromatic carbocycles. The predicted molar refractivity (Wildman–Crippen MR) is 69.3 cm³/mol. The average molecular weight is 293 g/mol. The van der Waals surface area contributed by atoms with Gasteiger partial charge in [-0.1, -0.05) is 11.6 Å². The average Bonchev–Trinajstić information content (AvgIpc) is 2.42. The molecule has 0 radical (unpaired) electrons. The van der Waals surface area contributed by atoms with Crippen molar-refractivity contribution in [1.29, 1.82) is 5.26 Å². The number of halogens is 2. The minimum Gasteiger partial charge on any atom is -0.453 e. The van der Waals surface area contributed by atoms with Gasteiger partial charge in [0.05, 0.1) is 16.6 Å². The van der Waals surface area contributed by atoms with Crippen molar-refractivity contribution < 1.29 is 14.1 Å². The number of nitro benzene ring substituents is 1. The van der Waals surface area contributed by atoms with Gasteiger partial charge in [-0.05, 0) is 24.3 Å². The molecule has 20 heavy (non-hydrogen) atoms. The third-order valence-corrected chi connectivity index (χ3v) is 2.64. The zero-order valence-corrected chi connectivity index (χ0v) is 10.6. The van der Waals surface area contributed by atoms with Crippen molar-refractivity contribution in [3.63, 3.8) is 0 Å². The zero-order chi connectivity index (χ0) is 14.7. The molecule has 7 heteroatoms. The number of nitrogens with zero attached hydrogens (tertiary/aromatic N) is 2. The van der Waals surface area contributed by atoms with Gasteiger partial charge < -0.3 is 4.74 Å². The molecule has 0 unspecified atom stereocenters. The van der Waals surface area contributed by atoms with Gasteiger partial charge in [-0.25, -0.2) is 4.39 Å². The van der Waals surface area contributed by atoms with Gasteiger partial charge in [0, 0.05) is 11.1 Å². The van der Waals surface area contributed by atoms with Gasteiger partial charge in [-0.2, -0.15) is 5.26 Å². The van der Waals surface area contributed by atoms with Gasteiger partial charge >= 0.3 is 0 Å². The van der Waals surface area contributed by atoms with Gasteiger partial charge in [-0.3, -0.25) is 10.1 Å². The van der Waals surface area contributed by atoms with Crippen molar-refractivity contribution in [2.75, 3.05) is 0 Å². The Labute approximate surface area is 117 Å². The Morgan fingerprint density at radius 2 is 1.95 bits per heavy atom. The fourth-order valence-electron chi connectivity index (χ4n) is 1.48. The molecule has 0 saturated carbocycles. The van der Waals surface area contributed by atoms with E-state index < -0.39 is 10.7 Å². The van der Waals surface area contributed by atoms with Crippen LogP contribution >= 0.6 is 11.6 Å². The van der Waals surface area contributed by atoms with Crippen LogP contribution in [0, 0.1) is 27.3 Å². The van der Waals surface area contributed by atoms with Crippen molar-refractivity contribution in [3.05, 3.63) is 62.9 Å². The highest BCUT2D eigenvalue weighted by Crippen LogP contribution is 2.30. The normalized spacial score (nSPS) is 9.85.